The Hall–Kier alpha value is -2.09. The fourth-order valence-electron chi connectivity index (χ4n) is 3.36. The molecule has 1 atom stereocenters. The summed E-state index contributed by atoms with van der Waals surface area (Å²) in [6.45, 7) is 3.11. The molecule has 0 spiro atoms. The van der Waals surface area contributed by atoms with Crippen LogP contribution in [-0.2, 0) is 4.79 Å². The molecule has 0 aromatic heterocycles. The summed E-state index contributed by atoms with van der Waals surface area (Å²) in [5, 5.41) is 2.66. The van der Waals surface area contributed by atoms with Gasteiger partial charge in [0.25, 0.3) is 5.91 Å². The van der Waals surface area contributed by atoms with Gasteiger partial charge in [0.1, 0.15) is 0 Å². The van der Waals surface area contributed by atoms with Crippen LogP contribution in [0.25, 0.3) is 0 Å². The topological polar surface area (TPSA) is 52.7 Å². The molecule has 0 unspecified atom stereocenters. The van der Waals surface area contributed by atoms with E-state index < -0.39 is 23.5 Å². The number of hydrogen-bond donors (Lipinski definition) is 1. The van der Waals surface area contributed by atoms with E-state index in [-0.39, 0.29) is 25.4 Å². The Kier molecular flexibility index (Phi) is 5.65. The van der Waals surface area contributed by atoms with E-state index in [2.05, 4.69) is 5.32 Å². The zero-order valence-electron chi connectivity index (χ0n) is 15.4. The third kappa shape index (κ3) is 4.35. The summed E-state index contributed by atoms with van der Waals surface area (Å²) < 4.78 is 39.4. The minimum absolute atomic E-state index is 0.0173. The molecule has 1 aliphatic heterocycles. The van der Waals surface area contributed by atoms with Gasteiger partial charge in [0.2, 0.25) is 5.91 Å². The molecule has 2 rings (SSSR count). The van der Waals surface area contributed by atoms with Crippen molar-refractivity contribution in [1.82, 2.24) is 9.80 Å². The summed E-state index contributed by atoms with van der Waals surface area (Å²) in [4.78, 5) is 27.2. The molecule has 2 amide bonds. The molecule has 1 aliphatic rings. The van der Waals surface area contributed by atoms with Gasteiger partial charge in [0, 0.05) is 30.9 Å². The summed E-state index contributed by atoms with van der Waals surface area (Å²) in [7, 11) is 3.25. The smallest absolute Gasteiger partial charge is 0.345 e. The first-order valence-electron chi connectivity index (χ1n) is 8.36. The fourth-order valence-corrected chi connectivity index (χ4v) is 3.36. The molecular weight excluding hydrogens is 347 g/mol. The van der Waals surface area contributed by atoms with Crippen LogP contribution in [0.4, 0.5) is 18.9 Å². The van der Waals surface area contributed by atoms with E-state index in [1.54, 1.807) is 43.3 Å². The maximum absolute atomic E-state index is 13.1. The van der Waals surface area contributed by atoms with E-state index >= 15 is 0 Å². The Morgan fingerprint density at radius 2 is 1.96 bits per heavy atom. The molecule has 144 valence electrons. The Morgan fingerprint density at radius 3 is 2.50 bits per heavy atom. The van der Waals surface area contributed by atoms with Crippen LogP contribution < -0.4 is 5.32 Å². The van der Waals surface area contributed by atoms with Crippen molar-refractivity contribution < 1.29 is 22.8 Å². The lowest BCUT2D eigenvalue weighted by atomic mass is 9.88. The SMILES string of the molecule is CN(C)C(=O)c1cccc(NC(=O)CN2CC[C@@H](C(F)(F)F)C2(C)C)c1. The van der Waals surface area contributed by atoms with Crippen molar-refractivity contribution in [1.29, 1.82) is 0 Å². The van der Waals surface area contributed by atoms with Crippen molar-refractivity contribution in [2.75, 3.05) is 32.5 Å². The van der Waals surface area contributed by atoms with Gasteiger partial charge in [-0.3, -0.25) is 14.5 Å². The van der Waals surface area contributed by atoms with Gasteiger partial charge >= 0.3 is 6.18 Å². The minimum Gasteiger partial charge on any atom is -0.345 e. The first-order valence-corrected chi connectivity index (χ1v) is 8.36. The first kappa shape index (κ1) is 20.2. The van der Waals surface area contributed by atoms with Crippen LogP contribution in [-0.4, -0.2) is 60.5 Å². The van der Waals surface area contributed by atoms with Gasteiger partial charge in [-0.05, 0) is 45.0 Å². The Bertz CT molecular complexity index is 687. The van der Waals surface area contributed by atoms with Crippen molar-refractivity contribution in [2.24, 2.45) is 5.92 Å². The average Bonchev–Trinajstić information content (AvgIpc) is 2.81. The van der Waals surface area contributed by atoms with Gasteiger partial charge in [0.05, 0.1) is 12.5 Å². The summed E-state index contributed by atoms with van der Waals surface area (Å²) in [5.41, 5.74) is -0.281. The number of alkyl halides is 3. The summed E-state index contributed by atoms with van der Waals surface area (Å²) in [6.07, 6.45) is -4.30. The maximum atomic E-state index is 13.1. The Balaban J connectivity index is 2.04. The standard InChI is InChI=1S/C18H24F3N3O2/c1-17(2)14(18(19,20)21)8-9-24(17)11-15(25)22-13-7-5-6-12(10-13)16(26)23(3)4/h5-7,10,14H,8-9,11H2,1-4H3,(H,22,25)/t14-/m1/s1. The number of halogens is 3. The van der Waals surface area contributed by atoms with Crippen LogP contribution in [0.2, 0.25) is 0 Å². The normalized spacial score (nSPS) is 20.0. The lowest BCUT2D eigenvalue weighted by Crippen LogP contribution is -2.49. The third-order valence-corrected chi connectivity index (χ3v) is 4.88. The molecule has 0 bridgehead atoms. The number of anilines is 1. The highest BCUT2D eigenvalue weighted by atomic mass is 19.4. The lowest BCUT2D eigenvalue weighted by Gasteiger charge is -2.36. The van der Waals surface area contributed by atoms with Crippen molar-refractivity contribution in [2.45, 2.75) is 32.0 Å². The molecule has 5 nitrogen and oxygen atoms in total. The molecule has 0 radical (unpaired) electrons. The molecule has 1 aromatic carbocycles. The predicted octanol–water partition coefficient (Wildman–Crippen LogP) is 2.99. The van der Waals surface area contributed by atoms with Crippen LogP contribution in [0.3, 0.4) is 0 Å². The van der Waals surface area contributed by atoms with E-state index in [0.29, 0.717) is 11.3 Å². The van der Waals surface area contributed by atoms with Gasteiger partial charge in [-0.2, -0.15) is 13.2 Å². The number of benzene rings is 1. The molecule has 1 saturated heterocycles. The zero-order chi connectivity index (χ0) is 19.7. The Labute approximate surface area is 151 Å². The number of hydrogen-bond acceptors (Lipinski definition) is 3. The van der Waals surface area contributed by atoms with E-state index in [4.69, 9.17) is 0 Å². The second-order valence-electron chi connectivity index (χ2n) is 7.29. The van der Waals surface area contributed by atoms with Gasteiger partial charge in [-0.25, -0.2) is 0 Å². The van der Waals surface area contributed by atoms with Crippen LogP contribution in [0.5, 0.6) is 0 Å². The largest absolute Gasteiger partial charge is 0.393 e. The third-order valence-electron chi connectivity index (χ3n) is 4.88. The average molecular weight is 371 g/mol. The van der Waals surface area contributed by atoms with Crippen LogP contribution in [0.15, 0.2) is 24.3 Å². The zero-order valence-corrected chi connectivity index (χ0v) is 15.4. The number of carbonyl (C=O) groups excluding carboxylic acids is 2. The number of nitrogens with zero attached hydrogens (tertiary/aromatic N) is 2. The van der Waals surface area contributed by atoms with Crippen molar-refractivity contribution >= 4 is 17.5 Å². The summed E-state index contributed by atoms with van der Waals surface area (Å²) in [5.74, 6) is -2.06. The second-order valence-corrected chi connectivity index (χ2v) is 7.29. The van der Waals surface area contributed by atoms with E-state index in [1.165, 1.54) is 18.7 Å². The molecule has 1 fully saturated rings. The van der Waals surface area contributed by atoms with Crippen molar-refractivity contribution in [3.63, 3.8) is 0 Å². The summed E-state index contributed by atoms with van der Waals surface area (Å²) >= 11 is 0. The first-order chi connectivity index (χ1) is 11.9. The Morgan fingerprint density at radius 1 is 1.31 bits per heavy atom. The van der Waals surface area contributed by atoms with Crippen LogP contribution >= 0.6 is 0 Å². The molecule has 0 saturated carbocycles. The van der Waals surface area contributed by atoms with Gasteiger partial charge in [-0.15, -0.1) is 0 Å². The van der Waals surface area contributed by atoms with E-state index in [9.17, 15) is 22.8 Å². The van der Waals surface area contributed by atoms with E-state index in [0.717, 1.165) is 0 Å². The molecule has 1 aromatic rings. The monoisotopic (exact) mass is 371 g/mol. The maximum Gasteiger partial charge on any atom is 0.393 e. The number of carbonyl (C=O) groups is 2. The molecule has 26 heavy (non-hydrogen) atoms. The molecule has 0 aliphatic carbocycles. The molecule has 1 N–H and O–H groups in total. The predicted molar refractivity (Wildman–Crippen MR) is 92.9 cm³/mol. The minimum atomic E-state index is -4.28. The van der Waals surface area contributed by atoms with Gasteiger partial charge < -0.3 is 10.2 Å². The van der Waals surface area contributed by atoms with Gasteiger partial charge in [0.15, 0.2) is 0 Å². The molecular formula is C18H24F3N3O2. The fraction of sp³-hybridized carbons (Fsp3) is 0.556. The number of nitrogens with one attached hydrogen (secondary N) is 1. The highest BCUT2D eigenvalue weighted by Crippen LogP contribution is 2.44. The van der Waals surface area contributed by atoms with Gasteiger partial charge in [-0.1, -0.05) is 6.07 Å². The van der Waals surface area contributed by atoms with Crippen molar-refractivity contribution in [3.05, 3.63) is 29.8 Å². The number of rotatable bonds is 4. The number of likely N-dealkylation sites (tertiary alicyclic amines) is 1. The number of amides is 2. The second kappa shape index (κ2) is 7.26. The van der Waals surface area contributed by atoms with Crippen LogP contribution in [0.1, 0.15) is 30.6 Å². The molecule has 8 heteroatoms. The summed E-state index contributed by atoms with van der Waals surface area (Å²) in [6, 6.07) is 6.47. The van der Waals surface area contributed by atoms with Crippen LogP contribution in [0, 0.1) is 5.92 Å². The molecule has 1 heterocycles. The van der Waals surface area contributed by atoms with Crippen molar-refractivity contribution in [3.8, 4) is 0 Å². The lowest BCUT2D eigenvalue weighted by molar-refractivity contribution is -0.191. The highest BCUT2D eigenvalue weighted by molar-refractivity contribution is 5.97. The quantitative estimate of drug-likeness (QED) is 0.885. The van der Waals surface area contributed by atoms with E-state index in [1.807, 2.05) is 0 Å². The highest BCUT2D eigenvalue weighted by Gasteiger charge is 2.54.